The summed E-state index contributed by atoms with van der Waals surface area (Å²) in [5, 5.41) is 9.99. The van der Waals surface area contributed by atoms with Crippen LogP contribution < -0.4 is 19.9 Å². The van der Waals surface area contributed by atoms with Crippen LogP contribution in [0.5, 0.6) is 17.2 Å². The Morgan fingerprint density at radius 1 is 1.11 bits per heavy atom. The quantitative estimate of drug-likeness (QED) is 0.544. The summed E-state index contributed by atoms with van der Waals surface area (Å²) in [6.45, 7) is 1.87. The molecule has 5 rings (SSSR count). The molecule has 1 unspecified atom stereocenters. The maximum Gasteiger partial charge on any atom is 0.215 e. The molecule has 0 bridgehead atoms. The highest BCUT2D eigenvalue weighted by Gasteiger charge is 2.37. The summed E-state index contributed by atoms with van der Waals surface area (Å²) in [5.74, 6) is 1.40. The van der Waals surface area contributed by atoms with Crippen LogP contribution in [0.25, 0.3) is 16.9 Å². The topological polar surface area (TPSA) is 99.6 Å². The zero-order valence-corrected chi connectivity index (χ0v) is 19.4. The zero-order chi connectivity index (χ0) is 24.7. The molecule has 2 aromatic carbocycles. The molecule has 0 saturated heterocycles. The van der Waals surface area contributed by atoms with E-state index in [9.17, 15) is 9.65 Å². The summed E-state index contributed by atoms with van der Waals surface area (Å²) >= 11 is 0. The molecule has 0 radical (unpaired) electrons. The molecule has 0 fully saturated rings. The first-order valence-corrected chi connectivity index (χ1v) is 10.9. The fourth-order valence-corrected chi connectivity index (χ4v) is 4.47. The molecule has 3 heterocycles. The van der Waals surface area contributed by atoms with Gasteiger partial charge in [-0.3, -0.25) is 0 Å². The van der Waals surface area contributed by atoms with Crippen LogP contribution in [-0.2, 0) is 4.74 Å². The normalized spacial score (nSPS) is 16.5. The molecule has 0 saturated carbocycles. The number of nitriles is 1. The lowest BCUT2D eigenvalue weighted by molar-refractivity contribution is 0.293. The average molecular weight is 471 g/mol. The first-order valence-electron chi connectivity index (χ1n) is 10.9. The number of halogens is 1. The highest BCUT2D eigenvalue weighted by Crippen LogP contribution is 2.48. The van der Waals surface area contributed by atoms with E-state index < -0.39 is 11.9 Å². The summed E-state index contributed by atoms with van der Waals surface area (Å²) in [4.78, 5) is 3.86. The SMILES string of the molecule is COc1ccc2c(c1)C1=C(CO2)C(c2ccc(OC)c(-c3cnc(F)c(C)c3)c2)C(C#N)=C(N)O1. The van der Waals surface area contributed by atoms with E-state index in [1.165, 1.54) is 6.20 Å². The molecule has 0 spiro atoms. The lowest BCUT2D eigenvalue weighted by Crippen LogP contribution is -2.26. The van der Waals surface area contributed by atoms with Gasteiger partial charge in [0.05, 0.1) is 25.7 Å². The van der Waals surface area contributed by atoms with Crippen molar-refractivity contribution >= 4 is 5.76 Å². The smallest absolute Gasteiger partial charge is 0.215 e. The first kappa shape index (κ1) is 22.3. The van der Waals surface area contributed by atoms with Crippen molar-refractivity contribution < 1.29 is 23.3 Å². The van der Waals surface area contributed by atoms with Crippen molar-refractivity contribution in [2.45, 2.75) is 12.8 Å². The summed E-state index contributed by atoms with van der Waals surface area (Å²) in [7, 11) is 3.15. The maximum absolute atomic E-state index is 13.8. The summed E-state index contributed by atoms with van der Waals surface area (Å²) in [6.07, 6.45) is 1.46. The van der Waals surface area contributed by atoms with Crippen LogP contribution in [0, 0.1) is 24.2 Å². The third-order valence-corrected chi connectivity index (χ3v) is 6.22. The number of nitrogens with zero attached hydrogens (tertiary/aromatic N) is 2. The molecule has 3 aromatic rings. The molecule has 2 aliphatic rings. The van der Waals surface area contributed by atoms with Crippen molar-refractivity contribution in [2.24, 2.45) is 5.73 Å². The van der Waals surface area contributed by atoms with Crippen LogP contribution in [-0.4, -0.2) is 25.8 Å². The van der Waals surface area contributed by atoms with Crippen LogP contribution >= 0.6 is 0 Å². The van der Waals surface area contributed by atoms with E-state index in [1.807, 2.05) is 30.3 Å². The predicted octanol–water partition coefficient (Wildman–Crippen LogP) is 4.82. The van der Waals surface area contributed by atoms with E-state index in [4.69, 9.17) is 24.7 Å². The number of benzene rings is 2. The minimum atomic E-state index is -0.529. The van der Waals surface area contributed by atoms with E-state index in [1.54, 1.807) is 33.3 Å². The fraction of sp³-hybridized carbons (Fsp3) is 0.185. The number of hydrogen-bond acceptors (Lipinski definition) is 7. The number of ether oxygens (including phenoxy) is 4. The molecule has 8 heteroatoms. The number of methoxy groups -OCH3 is 2. The van der Waals surface area contributed by atoms with Crippen LogP contribution in [0.2, 0.25) is 0 Å². The van der Waals surface area contributed by atoms with Crippen LogP contribution in [0.4, 0.5) is 4.39 Å². The molecule has 7 nitrogen and oxygen atoms in total. The number of aromatic nitrogens is 1. The van der Waals surface area contributed by atoms with Crippen LogP contribution in [0.3, 0.4) is 0 Å². The van der Waals surface area contributed by atoms with Gasteiger partial charge < -0.3 is 24.7 Å². The molecule has 2 N–H and O–H groups in total. The monoisotopic (exact) mass is 471 g/mol. The molecule has 176 valence electrons. The third kappa shape index (κ3) is 3.71. The lowest BCUT2D eigenvalue weighted by Gasteiger charge is -2.33. The Labute approximate surface area is 201 Å². The minimum absolute atomic E-state index is 0.0311. The van der Waals surface area contributed by atoms with Crippen molar-refractivity contribution in [3.8, 4) is 34.4 Å². The van der Waals surface area contributed by atoms with Gasteiger partial charge in [-0.15, -0.1) is 0 Å². The summed E-state index contributed by atoms with van der Waals surface area (Å²) in [5.41, 5.74) is 10.6. The van der Waals surface area contributed by atoms with Gasteiger partial charge in [-0.05, 0) is 48.9 Å². The largest absolute Gasteiger partial charge is 0.497 e. The Bertz CT molecular complexity index is 1460. The van der Waals surface area contributed by atoms with E-state index in [-0.39, 0.29) is 18.1 Å². The molecule has 0 amide bonds. The zero-order valence-electron chi connectivity index (χ0n) is 19.4. The molecular formula is C27H22FN3O4. The van der Waals surface area contributed by atoms with Crippen molar-refractivity contribution in [2.75, 3.05) is 20.8 Å². The van der Waals surface area contributed by atoms with E-state index >= 15 is 0 Å². The van der Waals surface area contributed by atoms with Crippen molar-refractivity contribution in [1.29, 1.82) is 5.26 Å². The van der Waals surface area contributed by atoms with Gasteiger partial charge in [-0.25, -0.2) is 4.98 Å². The molecule has 1 atom stereocenters. The standard InChI is InChI=1S/C27H22FN3O4/c1-14-8-16(12-31-26(14)28)18-9-15(4-6-22(18)33-3)24-20(11-29)27(30)35-25-19-10-17(32-2)5-7-23(19)34-13-21(24)25/h4-10,12,24H,13,30H2,1-3H3. The van der Waals surface area contributed by atoms with Crippen LogP contribution in [0.15, 0.2) is 65.7 Å². The number of pyridine rings is 1. The van der Waals surface area contributed by atoms with Gasteiger partial charge >= 0.3 is 0 Å². The third-order valence-electron chi connectivity index (χ3n) is 6.22. The van der Waals surface area contributed by atoms with E-state index in [0.29, 0.717) is 45.3 Å². The van der Waals surface area contributed by atoms with Gasteiger partial charge in [0.2, 0.25) is 11.8 Å². The Morgan fingerprint density at radius 3 is 2.66 bits per heavy atom. The highest BCUT2D eigenvalue weighted by atomic mass is 19.1. The number of fused-ring (bicyclic) bond motifs is 2. The number of hydrogen-bond donors (Lipinski definition) is 1. The number of nitrogens with two attached hydrogens (primary N) is 1. The second-order valence-corrected chi connectivity index (χ2v) is 8.22. The predicted molar refractivity (Wildman–Crippen MR) is 127 cm³/mol. The van der Waals surface area contributed by atoms with Gasteiger partial charge in [-0.1, -0.05) is 6.07 Å². The molecule has 1 aromatic heterocycles. The molecular weight excluding hydrogens is 449 g/mol. The Hall–Kier alpha value is -4.51. The van der Waals surface area contributed by atoms with Crippen molar-refractivity contribution in [3.05, 3.63) is 88.3 Å². The van der Waals surface area contributed by atoms with E-state index in [0.717, 1.165) is 11.1 Å². The van der Waals surface area contributed by atoms with Gasteiger partial charge in [-0.2, -0.15) is 9.65 Å². The fourth-order valence-electron chi connectivity index (χ4n) is 4.47. The number of aryl methyl sites for hydroxylation is 1. The van der Waals surface area contributed by atoms with Gasteiger partial charge in [0.1, 0.15) is 41.3 Å². The number of allylic oxidation sites excluding steroid dienone is 1. The van der Waals surface area contributed by atoms with Crippen molar-refractivity contribution in [3.63, 3.8) is 0 Å². The van der Waals surface area contributed by atoms with Crippen LogP contribution in [0.1, 0.15) is 22.6 Å². The lowest BCUT2D eigenvalue weighted by atomic mass is 9.80. The van der Waals surface area contributed by atoms with Gasteiger partial charge in [0.15, 0.2) is 0 Å². The number of rotatable bonds is 4. The molecule has 2 aliphatic heterocycles. The minimum Gasteiger partial charge on any atom is -0.497 e. The second kappa shape index (κ2) is 8.69. The first-order chi connectivity index (χ1) is 16.9. The summed E-state index contributed by atoms with van der Waals surface area (Å²) in [6, 6.07) is 14.9. The highest BCUT2D eigenvalue weighted by molar-refractivity contribution is 5.78. The van der Waals surface area contributed by atoms with Gasteiger partial charge in [0.25, 0.3) is 0 Å². The van der Waals surface area contributed by atoms with Crippen molar-refractivity contribution in [1.82, 2.24) is 4.98 Å². The Kier molecular flexibility index (Phi) is 5.53. The van der Waals surface area contributed by atoms with Gasteiger partial charge in [0, 0.05) is 28.5 Å². The summed E-state index contributed by atoms with van der Waals surface area (Å²) < 4.78 is 36.7. The molecule has 35 heavy (non-hydrogen) atoms. The molecule has 0 aliphatic carbocycles. The second-order valence-electron chi connectivity index (χ2n) is 8.22. The van der Waals surface area contributed by atoms with E-state index in [2.05, 4.69) is 11.1 Å². The maximum atomic E-state index is 13.8. The Balaban J connectivity index is 1.70. The average Bonchev–Trinajstić information content (AvgIpc) is 2.88. The Morgan fingerprint density at radius 2 is 1.94 bits per heavy atom.